The fraction of sp³-hybridized carbons (Fsp3) is 0.0625. The van der Waals surface area contributed by atoms with Crippen molar-refractivity contribution in [1.29, 1.82) is 0 Å². The van der Waals surface area contributed by atoms with Crippen LogP contribution in [0.5, 0.6) is 0 Å². The highest BCUT2D eigenvalue weighted by Gasteiger charge is 2.39. The number of hydrogen-bond donors (Lipinski definition) is 0. The first kappa shape index (κ1) is 17.7. The Morgan fingerprint density at radius 1 is 0.962 bits per heavy atom. The number of fused-ring (bicyclic) bond motifs is 1. The number of imide groups is 1. The van der Waals surface area contributed by atoms with Crippen molar-refractivity contribution in [2.45, 2.75) is 10.7 Å². The Bertz CT molecular complexity index is 1000. The van der Waals surface area contributed by atoms with Gasteiger partial charge < -0.3 is 4.84 Å². The standard InChI is InChI=1S/C16H9F2NO6S/c17-16(18)26(23,24)10-5-3-4-9(8-10)15(22)25-19-13(20)11-6-1-2-7-12(11)14(19)21/h1-8,16H. The van der Waals surface area contributed by atoms with E-state index in [1.807, 2.05) is 0 Å². The number of halogens is 2. The molecule has 0 saturated heterocycles. The summed E-state index contributed by atoms with van der Waals surface area (Å²) in [5, 5.41) is 0.237. The normalized spacial score (nSPS) is 13.9. The van der Waals surface area contributed by atoms with E-state index in [9.17, 15) is 31.6 Å². The first-order valence-electron chi connectivity index (χ1n) is 7.05. The molecule has 0 bridgehead atoms. The highest BCUT2D eigenvalue weighted by atomic mass is 32.2. The average Bonchev–Trinajstić information content (AvgIpc) is 2.87. The van der Waals surface area contributed by atoms with E-state index < -0.39 is 43.8 Å². The number of sulfone groups is 1. The van der Waals surface area contributed by atoms with Crippen molar-refractivity contribution in [2.75, 3.05) is 0 Å². The van der Waals surface area contributed by atoms with Gasteiger partial charge in [-0.15, -0.1) is 0 Å². The van der Waals surface area contributed by atoms with Crippen LogP contribution in [0.25, 0.3) is 0 Å². The van der Waals surface area contributed by atoms with Gasteiger partial charge in [0.05, 0.1) is 21.6 Å². The van der Waals surface area contributed by atoms with Crippen LogP contribution in [-0.4, -0.2) is 37.0 Å². The lowest BCUT2D eigenvalue weighted by atomic mass is 10.1. The van der Waals surface area contributed by atoms with Crippen molar-refractivity contribution in [3.63, 3.8) is 0 Å². The molecule has 1 aliphatic heterocycles. The van der Waals surface area contributed by atoms with Gasteiger partial charge in [0, 0.05) is 0 Å². The fourth-order valence-corrected chi connectivity index (χ4v) is 3.05. The Hall–Kier alpha value is -3.14. The second-order valence-electron chi connectivity index (χ2n) is 5.16. The summed E-state index contributed by atoms with van der Waals surface area (Å²) in [6, 6.07) is 9.53. The number of nitrogens with zero attached hydrogens (tertiary/aromatic N) is 1. The van der Waals surface area contributed by atoms with Gasteiger partial charge in [-0.05, 0) is 30.3 Å². The molecule has 7 nitrogen and oxygen atoms in total. The SMILES string of the molecule is O=C(ON1C(=O)c2ccccc2C1=O)c1cccc(S(=O)(=O)C(F)F)c1. The number of benzene rings is 2. The fourth-order valence-electron chi connectivity index (χ4n) is 2.29. The predicted octanol–water partition coefficient (Wildman–Crippen LogP) is 2.05. The molecule has 1 heterocycles. The topological polar surface area (TPSA) is 97.8 Å². The van der Waals surface area contributed by atoms with Crippen LogP contribution in [0, 0.1) is 0 Å². The largest absolute Gasteiger partial charge is 0.363 e. The van der Waals surface area contributed by atoms with Crippen molar-refractivity contribution in [2.24, 2.45) is 0 Å². The van der Waals surface area contributed by atoms with Gasteiger partial charge in [0.25, 0.3) is 11.8 Å². The number of alkyl halides is 2. The molecular weight excluding hydrogens is 372 g/mol. The summed E-state index contributed by atoms with van der Waals surface area (Å²) in [6.45, 7) is 0. The molecule has 0 radical (unpaired) electrons. The van der Waals surface area contributed by atoms with Crippen LogP contribution in [0.1, 0.15) is 31.1 Å². The summed E-state index contributed by atoms with van der Waals surface area (Å²) < 4.78 is 48.2. The summed E-state index contributed by atoms with van der Waals surface area (Å²) in [4.78, 5) is 40.3. The molecule has 2 amide bonds. The van der Waals surface area contributed by atoms with Crippen molar-refractivity contribution < 1.29 is 36.4 Å². The molecule has 134 valence electrons. The number of amides is 2. The summed E-state index contributed by atoms with van der Waals surface area (Å²) >= 11 is 0. The van der Waals surface area contributed by atoms with E-state index in [0.29, 0.717) is 6.07 Å². The van der Waals surface area contributed by atoms with Crippen LogP contribution < -0.4 is 0 Å². The smallest absolute Gasteiger partial charge is 0.324 e. The van der Waals surface area contributed by atoms with E-state index in [4.69, 9.17) is 4.84 Å². The third-order valence-corrected chi connectivity index (χ3v) is 4.94. The Labute approximate surface area is 145 Å². The minimum absolute atomic E-state index is 0.0410. The lowest BCUT2D eigenvalue weighted by Crippen LogP contribution is -2.32. The predicted molar refractivity (Wildman–Crippen MR) is 82.0 cm³/mol. The number of hydrogen-bond acceptors (Lipinski definition) is 6. The lowest BCUT2D eigenvalue weighted by Gasteiger charge is -2.13. The van der Waals surface area contributed by atoms with Crippen molar-refractivity contribution in [3.05, 3.63) is 65.2 Å². The number of rotatable bonds is 4. The van der Waals surface area contributed by atoms with Gasteiger partial charge in [0.2, 0.25) is 9.84 Å². The molecule has 0 fully saturated rings. The Morgan fingerprint density at radius 2 is 1.54 bits per heavy atom. The molecule has 0 aliphatic carbocycles. The summed E-state index contributed by atoms with van der Waals surface area (Å²) in [5.74, 6) is -6.64. The second-order valence-corrected chi connectivity index (χ2v) is 7.08. The van der Waals surface area contributed by atoms with Gasteiger partial charge in [-0.25, -0.2) is 13.2 Å². The molecule has 26 heavy (non-hydrogen) atoms. The zero-order chi connectivity index (χ0) is 19.1. The maximum absolute atomic E-state index is 12.6. The first-order valence-corrected chi connectivity index (χ1v) is 8.60. The molecule has 2 aromatic carbocycles. The van der Waals surface area contributed by atoms with Crippen molar-refractivity contribution >= 4 is 27.6 Å². The molecule has 0 unspecified atom stereocenters. The lowest BCUT2D eigenvalue weighted by molar-refractivity contribution is -0.0584. The molecule has 2 aromatic rings. The van der Waals surface area contributed by atoms with Crippen LogP contribution in [0.4, 0.5) is 8.78 Å². The molecule has 0 aromatic heterocycles. The molecular formula is C16H9F2NO6S. The maximum atomic E-state index is 12.6. The van der Waals surface area contributed by atoms with Gasteiger partial charge in [0.1, 0.15) is 0 Å². The van der Waals surface area contributed by atoms with Gasteiger partial charge >= 0.3 is 11.7 Å². The first-order chi connectivity index (χ1) is 12.2. The Balaban J connectivity index is 1.86. The van der Waals surface area contributed by atoms with Crippen LogP contribution in [-0.2, 0) is 14.7 Å². The summed E-state index contributed by atoms with van der Waals surface area (Å²) in [5.41, 5.74) is -0.332. The van der Waals surface area contributed by atoms with Gasteiger partial charge in [0.15, 0.2) is 0 Å². The van der Waals surface area contributed by atoms with Crippen LogP contribution in [0.2, 0.25) is 0 Å². The molecule has 3 rings (SSSR count). The Morgan fingerprint density at radius 3 is 2.08 bits per heavy atom. The monoisotopic (exact) mass is 381 g/mol. The third-order valence-electron chi connectivity index (χ3n) is 3.56. The van der Waals surface area contributed by atoms with E-state index in [0.717, 1.165) is 18.2 Å². The maximum Gasteiger partial charge on any atom is 0.363 e. The molecule has 10 heteroatoms. The van der Waals surface area contributed by atoms with Crippen molar-refractivity contribution in [1.82, 2.24) is 5.06 Å². The Kier molecular flexibility index (Phi) is 4.28. The molecule has 0 atom stereocenters. The van der Waals surface area contributed by atoms with Gasteiger partial charge in [-0.2, -0.15) is 8.78 Å². The van der Waals surface area contributed by atoms with Gasteiger partial charge in [-0.3, -0.25) is 9.59 Å². The van der Waals surface area contributed by atoms with Crippen LogP contribution in [0.3, 0.4) is 0 Å². The van der Waals surface area contributed by atoms with Crippen LogP contribution >= 0.6 is 0 Å². The van der Waals surface area contributed by atoms with E-state index in [-0.39, 0.29) is 16.2 Å². The van der Waals surface area contributed by atoms with Crippen molar-refractivity contribution in [3.8, 4) is 0 Å². The number of carbonyl (C=O) groups excluding carboxylic acids is 3. The molecule has 0 N–H and O–H groups in total. The van der Waals surface area contributed by atoms with Crippen LogP contribution in [0.15, 0.2) is 53.4 Å². The van der Waals surface area contributed by atoms with E-state index in [1.165, 1.54) is 24.3 Å². The minimum Gasteiger partial charge on any atom is -0.324 e. The van der Waals surface area contributed by atoms with Gasteiger partial charge in [-0.1, -0.05) is 23.3 Å². The number of hydroxylamine groups is 2. The molecule has 0 saturated carbocycles. The van der Waals surface area contributed by atoms with E-state index in [1.54, 1.807) is 0 Å². The second kappa shape index (κ2) is 6.30. The molecule has 0 spiro atoms. The average molecular weight is 381 g/mol. The highest BCUT2D eigenvalue weighted by Crippen LogP contribution is 2.24. The third kappa shape index (κ3) is 2.84. The quantitative estimate of drug-likeness (QED) is 0.752. The minimum atomic E-state index is -4.91. The van der Waals surface area contributed by atoms with E-state index >= 15 is 0 Å². The molecule has 1 aliphatic rings. The zero-order valence-electron chi connectivity index (χ0n) is 12.8. The highest BCUT2D eigenvalue weighted by molar-refractivity contribution is 7.91. The zero-order valence-corrected chi connectivity index (χ0v) is 13.6. The summed E-state index contributed by atoms with van der Waals surface area (Å²) in [7, 11) is -4.91. The van der Waals surface area contributed by atoms with E-state index in [2.05, 4.69) is 0 Å². The summed E-state index contributed by atoms with van der Waals surface area (Å²) in [6.07, 6.45) is 0. The number of carbonyl (C=O) groups is 3.